The van der Waals surface area contributed by atoms with E-state index < -0.39 is 11.6 Å². The first-order valence-electron chi connectivity index (χ1n) is 6.31. The van der Waals surface area contributed by atoms with Crippen LogP contribution in [0.5, 0.6) is 0 Å². The van der Waals surface area contributed by atoms with Crippen molar-refractivity contribution in [3.8, 4) is 0 Å². The van der Waals surface area contributed by atoms with Crippen LogP contribution in [-0.2, 0) is 0 Å². The molecule has 0 aliphatic heterocycles. The number of fused-ring (bicyclic) bond motifs is 1. The van der Waals surface area contributed by atoms with Crippen LogP contribution >= 0.6 is 0 Å². The minimum atomic E-state index is -0.685. The molecule has 3 rings (SSSR count). The van der Waals surface area contributed by atoms with Crippen molar-refractivity contribution in [1.82, 2.24) is 4.98 Å². The van der Waals surface area contributed by atoms with Gasteiger partial charge in [-0.15, -0.1) is 0 Å². The molecule has 0 spiro atoms. The molecule has 0 aliphatic carbocycles. The number of aromatic nitrogens is 1. The zero-order chi connectivity index (χ0) is 14.7. The smallest absolute Gasteiger partial charge is 0.151 e. The van der Waals surface area contributed by atoms with Crippen LogP contribution in [0.15, 0.2) is 59.8 Å². The summed E-state index contributed by atoms with van der Waals surface area (Å²) in [5, 5.41) is 4.95. The van der Waals surface area contributed by atoms with E-state index >= 15 is 0 Å². The van der Waals surface area contributed by atoms with Crippen molar-refractivity contribution < 1.29 is 8.78 Å². The average Bonchev–Trinajstić information content (AvgIpc) is 2.49. The summed E-state index contributed by atoms with van der Waals surface area (Å²) >= 11 is 0. The molecule has 3 nitrogen and oxygen atoms in total. The minimum absolute atomic E-state index is 0.120. The van der Waals surface area contributed by atoms with Gasteiger partial charge < -0.3 is 0 Å². The molecule has 0 aliphatic rings. The molecular formula is C16H11F2N3. The third-order valence-corrected chi connectivity index (χ3v) is 2.96. The number of benzene rings is 2. The highest BCUT2D eigenvalue weighted by Crippen LogP contribution is 2.15. The maximum atomic E-state index is 13.4. The zero-order valence-electron chi connectivity index (χ0n) is 10.9. The van der Waals surface area contributed by atoms with Gasteiger partial charge >= 0.3 is 0 Å². The molecule has 5 heteroatoms. The monoisotopic (exact) mass is 283 g/mol. The number of hydrogen-bond acceptors (Lipinski definition) is 3. The lowest BCUT2D eigenvalue weighted by Crippen LogP contribution is -1.94. The normalized spacial score (nSPS) is 11.1. The molecule has 0 bridgehead atoms. The van der Waals surface area contributed by atoms with Crippen molar-refractivity contribution >= 4 is 22.8 Å². The number of hydrazone groups is 1. The van der Waals surface area contributed by atoms with Crippen LogP contribution in [0.4, 0.5) is 14.5 Å². The second-order valence-corrected chi connectivity index (χ2v) is 4.45. The average molecular weight is 283 g/mol. The molecule has 1 aromatic heterocycles. The van der Waals surface area contributed by atoms with E-state index in [2.05, 4.69) is 15.5 Å². The number of halogens is 2. The predicted octanol–water partition coefficient (Wildman–Crippen LogP) is 3.96. The standard InChI is InChI=1S/C16H11F2N3/c17-13-4-6-16(14(18)9-13)21-20-10-11-3-5-15-12(8-11)2-1-7-19-15/h1-10,21H/b20-10+. The van der Waals surface area contributed by atoms with E-state index in [1.54, 1.807) is 12.4 Å². The largest absolute Gasteiger partial charge is 0.276 e. The van der Waals surface area contributed by atoms with E-state index in [9.17, 15) is 8.78 Å². The zero-order valence-corrected chi connectivity index (χ0v) is 10.9. The molecule has 104 valence electrons. The quantitative estimate of drug-likeness (QED) is 0.583. The number of pyridine rings is 1. The molecule has 0 atom stereocenters. The molecule has 0 amide bonds. The van der Waals surface area contributed by atoms with E-state index in [4.69, 9.17) is 0 Å². The van der Waals surface area contributed by atoms with Gasteiger partial charge in [-0.3, -0.25) is 10.4 Å². The summed E-state index contributed by atoms with van der Waals surface area (Å²) in [5.74, 6) is -1.31. The molecule has 0 saturated carbocycles. The van der Waals surface area contributed by atoms with Gasteiger partial charge in [-0.1, -0.05) is 12.1 Å². The topological polar surface area (TPSA) is 37.3 Å². The highest BCUT2D eigenvalue weighted by molar-refractivity contribution is 5.88. The molecule has 0 unspecified atom stereocenters. The lowest BCUT2D eigenvalue weighted by molar-refractivity contribution is 0.585. The van der Waals surface area contributed by atoms with Crippen molar-refractivity contribution in [2.75, 3.05) is 5.43 Å². The molecule has 0 radical (unpaired) electrons. The summed E-state index contributed by atoms with van der Waals surface area (Å²) in [7, 11) is 0. The highest BCUT2D eigenvalue weighted by atomic mass is 19.1. The van der Waals surface area contributed by atoms with Crippen LogP contribution in [0.1, 0.15) is 5.56 Å². The van der Waals surface area contributed by atoms with Gasteiger partial charge in [0.15, 0.2) is 5.82 Å². The van der Waals surface area contributed by atoms with Crippen molar-refractivity contribution in [1.29, 1.82) is 0 Å². The van der Waals surface area contributed by atoms with Gasteiger partial charge in [0.05, 0.1) is 17.4 Å². The Hall–Kier alpha value is -2.82. The van der Waals surface area contributed by atoms with Gasteiger partial charge in [0.25, 0.3) is 0 Å². The van der Waals surface area contributed by atoms with Crippen LogP contribution in [0.2, 0.25) is 0 Å². The van der Waals surface area contributed by atoms with Crippen molar-refractivity contribution in [2.45, 2.75) is 0 Å². The third kappa shape index (κ3) is 3.02. The molecule has 1 heterocycles. The van der Waals surface area contributed by atoms with Gasteiger partial charge in [0, 0.05) is 17.6 Å². The number of nitrogens with one attached hydrogen (secondary N) is 1. The van der Waals surface area contributed by atoms with Gasteiger partial charge in [0.1, 0.15) is 5.82 Å². The van der Waals surface area contributed by atoms with Crippen LogP contribution in [0.3, 0.4) is 0 Å². The van der Waals surface area contributed by atoms with Crippen molar-refractivity contribution in [3.63, 3.8) is 0 Å². The first-order chi connectivity index (χ1) is 10.2. The van der Waals surface area contributed by atoms with E-state index in [1.807, 2.05) is 30.3 Å². The maximum absolute atomic E-state index is 13.4. The molecule has 0 saturated heterocycles. The molecule has 1 N–H and O–H groups in total. The highest BCUT2D eigenvalue weighted by Gasteiger charge is 2.01. The van der Waals surface area contributed by atoms with Crippen LogP contribution in [-0.4, -0.2) is 11.2 Å². The fourth-order valence-corrected chi connectivity index (χ4v) is 1.93. The predicted molar refractivity (Wildman–Crippen MR) is 79.3 cm³/mol. The summed E-state index contributed by atoms with van der Waals surface area (Å²) < 4.78 is 26.2. The molecule has 0 fully saturated rings. The van der Waals surface area contributed by atoms with Gasteiger partial charge in [0.2, 0.25) is 0 Å². The number of rotatable bonds is 3. The van der Waals surface area contributed by atoms with Crippen LogP contribution in [0.25, 0.3) is 10.9 Å². The Labute approximate surface area is 120 Å². The fraction of sp³-hybridized carbons (Fsp3) is 0. The van der Waals surface area contributed by atoms with Crippen molar-refractivity contribution in [2.24, 2.45) is 5.10 Å². The minimum Gasteiger partial charge on any atom is -0.276 e. The Kier molecular flexibility index (Phi) is 3.55. The van der Waals surface area contributed by atoms with E-state index in [1.165, 1.54) is 12.1 Å². The molecular weight excluding hydrogens is 272 g/mol. The Morgan fingerprint density at radius 2 is 1.95 bits per heavy atom. The van der Waals surface area contributed by atoms with E-state index in [-0.39, 0.29) is 5.69 Å². The van der Waals surface area contributed by atoms with Crippen LogP contribution in [0, 0.1) is 11.6 Å². The first kappa shape index (κ1) is 13.2. The lowest BCUT2D eigenvalue weighted by atomic mass is 10.1. The Bertz CT molecular complexity index is 815. The second-order valence-electron chi connectivity index (χ2n) is 4.45. The summed E-state index contributed by atoms with van der Waals surface area (Å²) in [6.45, 7) is 0. The molecule has 3 aromatic rings. The second kappa shape index (κ2) is 5.66. The van der Waals surface area contributed by atoms with E-state index in [0.29, 0.717) is 0 Å². The molecule has 21 heavy (non-hydrogen) atoms. The number of hydrogen-bond donors (Lipinski definition) is 1. The lowest BCUT2D eigenvalue weighted by Gasteiger charge is -2.02. The Morgan fingerprint density at radius 3 is 2.81 bits per heavy atom. The van der Waals surface area contributed by atoms with Gasteiger partial charge in [-0.25, -0.2) is 8.78 Å². The SMILES string of the molecule is Fc1ccc(N/N=C/c2ccc3ncccc3c2)c(F)c1. The summed E-state index contributed by atoms with van der Waals surface area (Å²) in [6, 6.07) is 12.8. The number of nitrogens with zero attached hydrogens (tertiary/aromatic N) is 2. The van der Waals surface area contributed by atoms with Gasteiger partial charge in [-0.2, -0.15) is 5.10 Å². The van der Waals surface area contributed by atoms with Crippen molar-refractivity contribution in [3.05, 3.63) is 71.9 Å². The first-order valence-corrected chi connectivity index (χ1v) is 6.31. The van der Waals surface area contributed by atoms with Crippen LogP contribution < -0.4 is 5.43 Å². The summed E-state index contributed by atoms with van der Waals surface area (Å²) in [5.41, 5.74) is 4.42. The molecule has 2 aromatic carbocycles. The Balaban J connectivity index is 1.78. The van der Waals surface area contributed by atoms with Gasteiger partial charge in [-0.05, 0) is 35.9 Å². The number of anilines is 1. The van der Waals surface area contributed by atoms with E-state index in [0.717, 1.165) is 22.5 Å². The summed E-state index contributed by atoms with van der Waals surface area (Å²) in [6.07, 6.45) is 3.30. The fourth-order valence-electron chi connectivity index (χ4n) is 1.93. The maximum Gasteiger partial charge on any atom is 0.151 e. The Morgan fingerprint density at radius 1 is 1.05 bits per heavy atom. The third-order valence-electron chi connectivity index (χ3n) is 2.96. The summed E-state index contributed by atoms with van der Waals surface area (Å²) in [4.78, 5) is 4.22.